The number of phenols is 1. The van der Waals surface area contributed by atoms with E-state index >= 15 is 0 Å². The summed E-state index contributed by atoms with van der Waals surface area (Å²) in [7, 11) is -3.35. The Morgan fingerprint density at radius 1 is 1.19 bits per heavy atom. The van der Waals surface area contributed by atoms with Gasteiger partial charge in [0.1, 0.15) is 11.3 Å². The SMILES string of the molecule is Cc1ccc(C(=O)OCC(=O)c2ccc3c(c2)CCN3S(C)(=O)=O)c(O)c1. The van der Waals surface area contributed by atoms with E-state index in [0.717, 1.165) is 17.4 Å². The zero-order valence-corrected chi connectivity index (χ0v) is 15.7. The molecule has 1 aliphatic heterocycles. The van der Waals surface area contributed by atoms with Crippen molar-refractivity contribution in [3.05, 3.63) is 58.7 Å². The predicted octanol–water partition coefficient (Wildman–Crippen LogP) is 2.06. The van der Waals surface area contributed by atoms with Crippen molar-refractivity contribution in [1.29, 1.82) is 0 Å². The number of carbonyl (C=O) groups is 2. The first-order chi connectivity index (χ1) is 12.7. The van der Waals surface area contributed by atoms with E-state index in [1.165, 1.54) is 22.5 Å². The zero-order valence-electron chi connectivity index (χ0n) is 14.9. The molecule has 0 aliphatic carbocycles. The van der Waals surface area contributed by atoms with Crippen LogP contribution in [0, 0.1) is 6.92 Å². The van der Waals surface area contributed by atoms with Crippen molar-refractivity contribution >= 4 is 27.5 Å². The van der Waals surface area contributed by atoms with Crippen molar-refractivity contribution in [1.82, 2.24) is 0 Å². The Morgan fingerprint density at radius 2 is 1.93 bits per heavy atom. The van der Waals surface area contributed by atoms with Gasteiger partial charge in [0.15, 0.2) is 12.4 Å². The molecule has 27 heavy (non-hydrogen) atoms. The highest BCUT2D eigenvalue weighted by Gasteiger charge is 2.27. The van der Waals surface area contributed by atoms with Crippen LogP contribution in [0.15, 0.2) is 36.4 Å². The molecular formula is C19H19NO6S. The third kappa shape index (κ3) is 3.95. The highest BCUT2D eigenvalue weighted by molar-refractivity contribution is 7.92. The topological polar surface area (TPSA) is 101 Å². The number of aryl methyl sites for hydroxylation is 1. The highest BCUT2D eigenvalue weighted by Crippen LogP contribution is 2.30. The molecule has 8 heteroatoms. The van der Waals surface area contributed by atoms with E-state index in [0.29, 0.717) is 24.2 Å². The van der Waals surface area contributed by atoms with Gasteiger partial charge in [-0.05, 0) is 54.8 Å². The monoisotopic (exact) mass is 389 g/mol. The number of esters is 1. The highest BCUT2D eigenvalue weighted by atomic mass is 32.2. The first-order valence-corrected chi connectivity index (χ1v) is 10.1. The first kappa shape index (κ1) is 18.9. The van der Waals surface area contributed by atoms with Gasteiger partial charge in [-0.1, -0.05) is 6.07 Å². The fourth-order valence-corrected chi connectivity index (χ4v) is 3.95. The van der Waals surface area contributed by atoms with Crippen molar-refractivity contribution in [2.75, 3.05) is 23.7 Å². The number of nitrogens with zero attached hydrogens (tertiary/aromatic N) is 1. The Bertz CT molecular complexity index is 1030. The molecule has 0 saturated carbocycles. The molecule has 0 spiro atoms. The lowest BCUT2D eigenvalue weighted by Gasteiger charge is -2.16. The van der Waals surface area contributed by atoms with Crippen molar-refractivity contribution in [2.24, 2.45) is 0 Å². The number of sulfonamides is 1. The third-order valence-corrected chi connectivity index (χ3v) is 5.54. The summed E-state index contributed by atoms with van der Waals surface area (Å²) in [6.45, 7) is 1.64. The van der Waals surface area contributed by atoms with Gasteiger partial charge in [-0.25, -0.2) is 13.2 Å². The number of carbonyl (C=O) groups excluding carboxylic acids is 2. The number of rotatable bonds is 5. The summed E-state index contributed by atoms with van der Waals surface area (Å²) in [6, 6.07) is 9.26. The van der Waals surface area contributed by atoms with Gasteiger partial charge in [0.05, 0.1) is 11.9 Å². The smallest absolute Gasteiger partial charge is 0.342 e. The number of hydrogen-bond donors (Lipinski definition) is 1. The summed E-state index contributed by atoms with van der Waals surface area (Å²) in [5.41, 5.74) is 2.45. The molecule has 7 nitrogen and oxygen atoms in total. The molecule has 1 aliphatic rings. The van der Waals surface area contributed by atoms with Crippen LogP contribution in [0.5, 0.6) is 5.75 Å². The molecule has 2 aromatic rings. The number of aromatic hydroxyl groups is 1. The second-order valence-corrected chi connectivity index (χ2v) is 8.36. The maximum absolute atomic E-state index is 12.3. The molecule has 142 valence electrons. The lowest BCUT2D eigenvalue weighted by atomic mass is 10.1. The summed E-state index contributed by atoms with van der Waals surface area (Å²) < 4.78 is 29.8. The minimum Gasteiger partial charge on any atom is -0.507 e. The maximum atomic E-state index is 12.3. The number of phenolic OH excluding ortho intramolecular Hbond substituents is 1. The normalized spacial score (nSPS) is 13.3. The van der Waals surface area contributed by atoms with E-state index in [1.54, 1.807) is 25.1 Å². The molecule has 1 N–H and O–H groups in total. The van der Waals surface area contributed by atoms with Crippen molar-refractivity contribution < 1.29 is 27.9 Å². The quantitative estimate of drug-likeness (QED) is 0.621. The number of fused-ring (bicyclic) bond motifs is 1. The lowest BCUT2D eigenvalue weighted by molar-refractivity contribution is 0.0472. The van der Waals surface area contributed by atoms with Gasteiger partial charge in [0.25, 0.3) is 0 Å². The van der Waals surface area contributed by atoms with Gasteiger partial charge in [-0.3, -0.25) is 9.10 Å². The van der Waals surface area contributed by atoms with E-state index in [4.69, 9.17) is 4.74 Å². The van der Waals surface area contributed by atoms with E-state index in [9.17, 15) is 23.1 Å². The summed E-state index contributed by atoms with van der Waals surface area (Å²) in [5, 5.41) is 9.80. The largest absolute Gasteiger partial charge is 0.507 e. The van der Waals surface area contributed by atoms with Crippen LogP contribution in [-0.2, 0) is 21.2 Å². The molecule has 0 unspecified atom stereocenters. The van der Waals surface area contributed by atoms with Crippen molar-refractivity contribution in [3.63, 3.8) is 0 Å². The Balaban J connectivity index is 1.70. The fourth-order valence-electron chi connectivity index (χ4n) is 3.00. The van der Waals surface area contributed by atoms with Gasteiger partial charge in [-0.15, -0.1) is 0 Å². The van der Waals surface area contributed by atoms with Gasteiger partial charge in [-0.2, -0.15) is 0 Å². The van der Waals surface area contributed by atoms with Crippen LogP contribution in [0.3, 0.4) is 0 Å². The summed E-state index contributed by atoms with van der Waals surface area (Å²) >= 11 is 0. The Kier molecular flexibility index (Phi) is 4.93. The molecule has 0 atom stereocenters. The van der Waals surface area contributed by atoms with Crippen LogP contribution >= 0.6 is 0 Å². The van der Waals surface area contributed by atoms with Crippen LogP contribution in [-0.4, -0.2) is 44.7 Å². The molecular weight excluding hydrogens is 370 g/mol. The van der Waals surface area contributed by atoms with Crippen LogP contribution in [0.25, 0.3) is 0 Å². The van der Waals surface area contributed by atoms with E-state index in [1.807, 2.05) is 0 Å². The minimum atomic E-state index is -3.35. The van der Waals surface area contributed by atoms with E-state index in [-0.39, 0.29) is 11.3 Å². The Hall–Kier alpha value is -2.87. The number of Topliss-reactive ketones (excluding diaryl/α,β-unsaturated/α-hetero) is 1. The molecule has 1 heterocycles. The van der Waals surface area contributed by atoms with Gasteiger partial charge >= 0.3 is 5.97 Å². The maximum Gasteiger partial charge on any atom is 0.342 e. The lowest BCUT2D eigenvalue weighted by Crippen LogP contribution is -2.27. The van der Waals surface area contributed by atoms with Crippen LogP contribution in [0.1, 0.15) is 31.8 Å². The second kappa shape index (κ2) is 7.03. The molecule has 0 radical (unpaired) electrons. The molecule has 2 aromatic carbocycles. The number of benzene rings is 2. The fraction of sp³-hybridized carbons (Fsp3) is 0.263. The number of hydrogen-bond acceptors (Lipinski definition) is 6. The van der Waals surface area contributed by atoms with Crippen LogP contribution < -0.4 is 4.31 Å². The van der Waals surface area contributed by atoms with Crippen molar-refractivity contribution in [3.8, 4) is 5.75 Å². The average Bonchev–Trinajstić information content (AvgIpc) is 3.02. The minimum absolute atomic E-state index is 0.00820. The Morgan fingerprint density at radius 3 is 2.59 bits per heavy atom. The predicted molar refractivity (Wildman–Crippen MR) is 99.8 cm³/mol. The molecule has 0 fully saturated rings. The van der Waals surface area contributed by atoms with Gasteiger partial charge < -0.3 is 9.84 Å². The third-order valence-electron chi connectivity index (χ3n) is 4.36. The first-order valence-electron chi connectivity index (χ1n) is 8.27. The summed E-state index contributed by atoms with van der Waals surface area (Å²) in [5.74, 6) is -1.40. The van der Waals surface area contributed by atoms with Gasteiger partial charge in [0, 0.05) is 12.1 Å². The summed E-state index contributed by atoms with van der Waals surface area (Å²) in [4.78, 5) is 24.4. The van der Waals surface area contributed by atoms with E-state index < -0.39 is 28.4 Å². The van der Waals surface area contributed by atoms with Gasteiger partial charge in [0.2, 0.25) is 10.0 Å². The number of anilines is 1. The second-order valence-electron chi connectivity index (χ2n) is 6.45. The van der Waals surface area contributed by atoms with E-state index in [2.05, 4.69) is 0 Å². The standard InChI is InChI=1S/C19H19NO6S/c1-12-3-5-15(17(21)9-12)19(23)26-11-18(22)14-4-6-16-13(10-14)7-8-20(16)27(2,24)25/h3-6,9-10,21H,7-8,11H2,1-2H3. The molecule has 0 aromatic heterocycles. The molecule has 0 bridgehead atoms. The average molecular weight is 389 g/mol. The van der Waals surface area contributed by atoms with Crippen molar-refractivity contribution in [2.45, 2.75) is 13.3 Å². The molecule has 0 saturated heterocycles. The van der Waals surface area contributed by atoms with Crippen LogP contribution in [0.4, 0.5) is 5.69 Å². The summed E-state index contributed by atoms with van der Waals surface area (Å²) in [6.07, 6.45) is 1.65. The number of ether oxygens (including phenoxy) is 1. The van der Waals surface area contributed by atoms with Crippen LogP contribution in [0.2, 0.25) is 0 Å². The molecule has 0 amide bonds. The molecule has 3 rings (SSSR count). The number of ketones is 1. The zero-order chi connectivity index (χ0) is 19.8. The Labute approximate surface area is 157 Å².